The number of anilines is 2. The molecule has 0 saturated carbocycles. The lowest BCUT2D eigenvalue weighted by Crippen LogP contribution is -2.19. The molecule has 0 spiro atoms. The van der Waals surface area contributed by atoms with E-state index in [0.29, 0.717) is 21.3 Å². The molecule has 1 unspecified atom stereocenters. The molecular formula is C15H15ClN2O2S. The Morgan fingerprint density at radius 1 is 1.29 bits per heavy atom. The highest BCUT2D eigenvalue weighted by atomic mass is 35.5. The third kappa shape index (κ3) is 4.06. The lowest BCUT2D eigenvalue weighted by molar-refractivity contribution is -0.113. The molecule has 0 aliphatic rings. The Labute approximate surface area is 130 Å². The van der Waals surface area contributed by atoms with Gasteiger partial charge in [-0.2, -0.15) is 0 Å². The maximum Gasteiger partial charge on any atom is 0.237 e. The number of nitrogen functional groups attached to an aromatic ring is 1. The minimum Gasteiger partial charge on any atom is -0.399 e. The fourth-order valence-corrected chi connectivity index (χ4v) is 2.93. The molecule has 0 fully saturated rings. The Morgan fingerprint density at radius 3 is 2.67 bits per heavy atom. The van der Waals surface area contributed by atoms with Gasteiger partial charge in [-0.1, -0.05) is 23.7 Å². The third-order valence-electron chi connectivity index (χ3n) is 2.91. The van der Waals surface area contributed by atoms with Gasteiger partial charge in [0.2, 0.25) is 5.91 Å². The van der Waals surface area contributed by atoms with Crippen LogP contribution in [0.5, 0.6) is 0 Å². The number of carbonyl (C=O) groups excluding carboxylic acids is 1. The summed E-state index contributed by atoms with van der Waals surface area (Å²) in [6.45, 7) is 1.83. The van der Waals surface area contributed by atoms with E-state index in [-0.39, 0.29) is 11.7 Å². The lowest BCUT2D eigenvalue weighted by atomic mass is 10.2. The summed E-state index contributed by atoms with van der Waals surface area (Å²) in [6, 6.07) is 12.0. The maximum atomic E-state index is 12.2. The Balaban J connectivity index is 2.04. The molecule has 4 nitrogen and oxygen atoms in total. The molecule has 0 saturated heterocycles. The molecule has 0 aliphatic carbocycles. The van der Waals surface area contributed by atoms with Crippen LogP contribution < -0.4 is 11.1 Å². The molecule has 0 heterocycles. The van der Waals surface area contributed by atoms with Gasteiger partial charge in [-0.15, -0.1) is 0 Å². The summed E-state index contributed by atoms with van der Waals surface area (Å²) >= 11 is 5.96. The van der Waals surface area contributed by atoms with Crippen LogP contribution >= 0.6 is 11.6 Å². The zero-order valence-corrected chi connectivity index (χ0v) is 13.0. The van der Waals surface area contributed by atoms with Crippen molar-refractivity contribution in [2.75, 3.05) is 16.8 Å². The SMILES string of the molecule is Cc1cc(S(=O)CC(=O)Nc2ccccc2Cl)ccc1N. The number of nitrogens with one attached hydrogen (secondary N) is 1. The van der Waals surface area contributed by atoms with Gasteiger partial charge >= 0.3 is 0 Å². The molecule has 1 atom stereocenters. The van der Waals surface area contributed by atoms with Crippen LogP contribution in [0.3, 0.4) is 0 Å². The Bertz CT molecular complexity index is 704. The van der Waals surface area contributed by atoms with E-state index in [2.05, 4.69) is 5.32 Å². The van der Waals surface area contributed by atoms with E-state index in [1.807, 2.05) is 6.92 Å². The minimum atomic E-state index is -1.42. The molecule has 6 heteroatoms. The number of amides is 1. The van der Waals surface area contributed by atoms with Crippen molar-refractivity contribution >= 4 is 39.7 Å². The van der Waals surface area contributed by atoms with Crippen LogP contribution in [0.25, 0.3) is 0 Å². The molecule has 0 aliphatic heterocycles. The molecule has 21 heavy (non-hydrogen) atoms. The van der Waals surface area contributed by atoms with Gasteiger partial charge in [0.1, 0.15) is 5.75 Å². The van der Waals surface area contributed by atoms with E-state index in [0.717, 1.165) is 5.56 Å². The van der Waals surface area contributed by atoms with Crippen LogP contribution in [0.15, 0.2) is 47.4 Å². The molecule has 1 amide bonds. The normalized spacial score (nSPS) is 11.9. The van der Waals surface area contributed by atoms with E-state index in [1.54, 1.807) is 42.5 Å². The number of hydrogen-bond acceptors (Lipinski definition) is 3. The first-order valence-corrected chi connectivity index (χ1v) is 7.96. The van der Waals surface area contributed by atoms with Crippen molar-refractivity contribution in [2.45, 2.75) is 11.8 Å². The van der Waals surface area contributed by atoms with Gasteiger partial charge in [-0.3, -0.25) is 9.00 Å². The number of benzene rings is 2. The maximum absolute atomic E-state index is 12.2. The second kappa shape index (κ2) is 6.74. The minimum absolute atomic E-state index is 0.130. The van der Waals surface area contributed by atoms with Crippen molar-refractivity contribution in [1.82, 2.24) is 0 Å². The van der Waals surface area contributed by atoms with Crippen LogP contribution in [0.2, 0.25) is 5.02 Å². The summed E-state index contributed by atoms with van der Waals surface area (Å²) in [5, 5.41) is 3.09. The summed E-state index contributed by atoms with van der Waals surface area (Å²) in [7, 11) is -1.42. The predicted molar refractivity (Wildman–Crippen MR) is 86.9 cm³/mol. The Hall–Kier alpha value is -1.85. The van der Waals surface area contributed by atoms with Gasteiger partial charge in [0, 0.05) is 10.6 Å². The molecule has 3 N–H and O–H groups in total. The van der Waals surface area contributed by atoms with Crippen LogP contribution in [0, 0.1) is 6.92 Å². The second-order valence-corrected chi connectivity index (χ2v) is 6.39. The molecule has 2 aromatic carbocycles. The van der Waals surface area contributed by atoms with Crippen molar-refractivity contribution in [2.24, 2.45) is 0 Å². The van der Waals surface area contributed by atoms with Crippen molar-refractivity contribution in [3.63, 3.8) is 0 Å². The summed E-state index contributed by atoms with van der Waals surface area (Å²) < 4.78 is 12.2. The second-order valence-electron chi connectivity index (χ2n) is 4.54. The molecular weight excluding hydrogens is 308 g/mol. The smallest absolute Gasteiger partial charge is 0.237 e. The van der Waals surface area contributed by atoms with Crippen LogP contribution in [-0.2, 0) is 15.6 Å². The molecule has 0 radical (unpaired) electrons. The molecule has 2 aromatic rings. The largest absolute Gasteiger partial charge is 0.399 e. The number of nitrogens with two attached hydrogens (primary N) is 1. The highest BCUT2D eigenvalue weighted by Gasteiger charge is 2.12. The Morgan fingerprint density at radius 2 is 2.00 bits per heavy atom. The quantitative estimate of drug-likeness (QED) is 0.850. The number of halogens is 1. The van der Waals surface area contributed by atoms with E-state index in [4.69, 9.17) is 17.3 Å². The van der Waals surface area contributed by atoms with E-state index in [9.17, 15) is 9.00 Å². The van der Waals surface area contributed by atoms with Crippen molar-refractivity contribution in [1.29, 1.82) is 0 Å². The van der Waals surface area contributed by atoms with E-state index in [1.165, 1.54) is 0 Å². The van der Waals surface area contributed by atoms with Crippen molar-refractivity contribution < 1.29 is 9.00 Å². The molecule has 2 rings (SSSR count). The number of carbonyl (C=O) groups is 1. The standard InChI is InChI=1S/C15H15ClN2O2S/c1-10-8-11(6-7-13(10)17)21(20)9-15(19)18-14-5-3-2-4-12(14)16/h2-8H,9,17H2,1H3,(H,18,19). The van der Waals surface area contributed by atoms with Gasteiger partial charge in [0.15, 0.2) is 0 Å². The number of para-hydroxylation sites is 1. The van der Waals surface area contributed by atoms with Gasteiger partial charge in [-0.25, -0.2) is 0 Å². The zero-order chi connectivity index (χ0) is 15.4. The summed E-state index contributed by atoms with van der Waals surface area (Å²) in [6.07, 6.45) is 0. The molecule has 0 aromatic heterocycles. The molecule has 110 valence electrons. The average Bonchev–Trinajstić information content (AvgIpc) is 2.44. The van der Waals surface area contributed by atoms with Crippen LogP contribution in [0.1, 0.15) is 5.56 Å². The monoisotopic (exact) mass is 322 g/mol. The summed E-state index contributed by atoms with van der Waals surface area (Å²) in [5.41, 5.74) is 7.70. The van der Waals surface area contributed by atoms with Gasteiger partial charge < -0.3 is 11.1 Å². The number of rotatable bonds is 4. The average molecular weight is 323 g/mol. The van der Waals surface area contributed by atoms with Gasteiger partial charge in [-0.05, 0) is 42.8 Å². The van der Waals surface area contributed by atoms with Gasteiger partial charge in [0.25, 0.3) is 0 Å². The van der Waals surface area contributed by atoms with Gasteiger partial charge in [0.05, 0.1) is 21.5 Å². The number of hydrogen-bond donors (Lipinski definition) is 2. The highest BCUT2D eigenvalue weighted by molar-refractivity contribution is 7.85. The Kier molecular flexibility index (Phi) is 4.98. The fraction of sp³-hybridized carbons (Fsp3) is 0.133. The zero-order valence-electron chi connectivity index (χ0n) is 11.4. The first-order valence-electron chi connectivity index (χ1n) is 6.26. The highest BCUT2D eigenvalue weighted by Crippen LogP contribution is 2.21. The van der Waals surface area contributed by atoms with Crippen molar-refractivity contribution in [3.8, 4) is 0 Å². The summed E-state index contributed by atoms with van der Waals surface area (Å²) in [4.78, 5) is 12.5. The fourth-order valence-electron chi connectivity index (χ4n) is 1.74. The molecule has 0 bridgehead atoms. The van der Waals surface area contributed by atoms with Crippen molar-refractivity contribution in [3.05, 3.63) is 53.1 Å². The first kappa shape index (κ1) is 15.5. The van der Waals surface area contributed by atoms with E-state index < -0.39 is 10.8 Å². The predicted octanol–water partition coefficient (Wildman–Crippen LogP) is 2.98. The topological polar surface area (TPSA) is 72.2 Å². The first-order chi connectivity index (χ1) is 9.97. The third-order valence-corrected chi connectivity index (χ3v) is 4.55. The lowest BCUT2D eigenvalue weighted by Gasteiger charge is -2.08. The van der Waals surface area contributed by atoms with Crippen LogP contribution in [0.4, 0.5) is 11.4 Å². The summed E-state index contributed by atoms with van der Waals surface area (Å²) in [5.74, 6) is -0.481. The number of aryl methyl sites for hydroxylation is 1. The van der Waals surface area contributed by atoms with Crippen LogP contribution in [-0.4, -0.2) is 15.9 Å². The van der Waals surface area contributed by atoms with E-state index >= 15 is 0 Å².